The van der Waals surface area contributed by atoms with Crippen LogP contribution in [-0.4, -0.2) is 22.4 Å². The van der Waals surface area contributed by atoms with Gasteiger partial charge in [0, 0.05) is 5.56 Å². The van der Waals surface area contributed by atoms with E-state index in [1.165, 1.54) is 0 Å². The smallest absolute Gasteiger partial charge is 0.481 e. The zero-order valence-electron chi connectivity index (χ0n) is 8.84. The molecule has 0 spiro atoms. The minimum absolute atomic E-state index is 0.364. The Kier molecular flexibility index (Phi) is 4.51. The summed E-state index contributed by atoms with van der Waals surface area (Å²) in [4.78, 5) is 13.7. The Labute approximate surface area is 107 Å². The quantitative estimate of drug-likeness (QED) is 0.685. The van der Waals surface area contributed by atoms with Crippen molar-refractivity contribution in [1.82, 2.24) is 4.98 Å². The van der Waals surface area contributed by atoms with Crippen molar-refractivity contribution < 1.29 is 36.6 Å². The highest BCUT2D eigenvalue weighted by Crippen LogP contribution is 2.37. The van der Waals surface area contributed by atoms with Crippen LogP contribution >= 0.6 is 11.6 Å². The molecule has 0 atom stereocenters. The Morgan fingerprint density at radius 1 is 1.47 bits per heavy atom. The second-order valence-corrected chi connectivity index (χ2v) is 3.58. The van der Waals surface area contributed by atoms with Crippen molar-refractivity contribution in [2.75, 3.05) is 0 Å². The van der Waals surface area contributed by atoms with Gasteiger partial charge in [-0.15, -0.1) is 13.2 Å². The number of carboxylic acids is 1. The third kappa shape index (κ3) is 4.19. The maximum atomic E-state index is 12.8. The van der Waals surface area contributed by atoms with Crippen LogP contribution < -0.4 is 4.74 Å². The fourth-order valence-corrected chi connectivity index (χ4v) is 1.50. The Bertz CT molecular complexity index is 491. The van der Waals surface area contributed by atoms with E-state index in [2.05, 4.69) is 9.72 Å². The van der Waals surface area contributed by atoms with Crippen LogP contribution in [0.15, 0.2) is 6.20 Å². The fourth-order valence-electron chi connectivity index (χ4n) is 1.29. The molecule has 0 fully saturated rings. The molecule has 0 bridgehead atoms. The largest absolute Gasteiger partial charge is 0.573 e. The highest BCUT2D eigenvalue weighted by molar-refractivity contribution is 6.30. The number of aromatic nitrogens is 1. The summed E-state index contributed by atoms with van der Waals surface area (Å²) in [5.74, 6) is -2.82. The first kappa shape index (κ1) is 15.4. The van der Waals surface area contributed by atoms with Gasteiger partial charge in [-0.25, -0.2) is 13.8 Å². The van der Waals surface area contributed by atoms with Crippen LogP contribution in [0.4, 0.5) is 22.0 Å². The summed E-state index contributed by atoms with van der Waals surface area (Å²) in [6, 6.07) is 0. The number of nitrogens with zero attached hydrogens (tertiary/aromatic N) is 1. The van der Waals surface area contributed by atoms with E-state index in [1.807, 2.05) is 0 Å². The van der Waals surface area contributed by atoms with Crippen molar-refractivity contribution in [1.29, 1.82) is 0 Å². The molecule has 0 unspecified atom stereocenters. The predicted octanol–water partition coefficient (Wildman–Crippen LogP) is 3.20. The van der Waals surface area contributed by atoms with Gasteiger partial charge in [0.15, 0.2) is 5.75 Å². The van der Waals surface area contributed by atoms with Crippen molar-refractivity contribution in [3.05, 3.63) is 22.5 Å². The van der Waals surface area contributed by atoms with E-state index in [4.69, 9.17) is 16.7 Å². The van der Waals surface area contributed by atoms with Crippen LogP contribution in [0.3, 0.4) is 0 Å². The number of carbonyl (C=O) groups is 1. The Hall–Kier alpha value is -1.64. The van der Waals surface area contributed by atoms with Crippen LogP contribution in [0.2, 0.25) is 5.15 Å². The molecule has 0 aromatic carbocycles. The standard InChI is InChI=1S/C9H5ClF5NO3/c10-7-3(1-5(17)18)6(8(11)12)4(2-16-7)19-9(13,14)15/h2,8H,1H2,(H,17,18). The molecule has 0 aliphatic heterocycles. The van der Waals surface area contributed by atoms with Gasteiger partial charge in [0.05, 0.1) is 18.2 Å². The summed E-state index contributed by atoms with van der Waals surface area (Å²) < 4.78 is 65.0. The molecule has 19 heavy (non-hydrogen) atoms. The monoisotopic (exact) mass is 305 g/mol. The first-order valence-electron chi connectivity index (χ1n) is 4.54. The number of hydrogen-bond donors (Lipinski definition) is 1. The van der Waals surface area contributed by atoms with Gasteiger partial charge in [0.2, 0.25) is 0 Å². The lowest BCUT2D eigenvalue weighted by Crippen LogP contribution is -2.19. The molecule has 0 aliphatic rings. The van der Waals surface area contributed by atoms with Crippen molar-refractivity contribution in [3.63, 3.8) is 0 Å². The maximum absolute atomic E-state index is 12.8. The SMILES string of the molecule is O=C(O)Cc1c(Cl)ncc(OC(F)(F)F)c1C(F)F. The minimum atomic E-state index is -5.21. The molecule has 0 aliphatic carbocycles. The van der Waals surface area contributed by atoms with Crippen molar-refractivity contribution >= 4 is 17.6 Å². The highest BCUT2D eigenvalue weighted by atomic mass is 35.5. The molecule has 0 saturated carbocycles. The number of alkyl halides is 5. The lowest BCUT2D eigenvalue weighted by molar-refractivity contribution is -0.275. The van der Waals surface area contributed by atoms with Gasteiger partial charge in [-0.1, -0.05) is 11.6 Å². The van der Waals surface area contributed by atoms with Gasteiger partial charge in [0.1, 0.15) is 5.15 Å². The molecule has 4 nitrogen and oxygen atoms in total. The van der Waals surface area contributed by atoms with E-state index in [-0.39, 0.29) is 0 Å². The lowest BCUT2D eigenvalue weighted by atomic mass is 10.1. The Morgan fingerprint density at radius 3 is 2.47 bits per heavy atom. The number of halogens is 6. The average molecular weight is 306 g/mol. The van der Waals surface area contributed by atoms with E-state index in [9.17, 15) is 26.7 Å². The molecule has 0 radical (unpaired) electrons. The van der Waals surface area contributed by atoms with Gasteiger partial charge >= 0.3 is 12.3 Å². The van der Waals surface area contributed by atoms with Gasteiger partial charge in [-0.3, -0.25) is 4.79 Å². The first-order chi connectivity index (χ1) is 8.61. The average Bonchev–Trinajstić information content (AvgIpc) is 2.19. The van der Waals surface area contributed by atoms with Crippen molar-refractivity contribution in [3.8, 4) is 5.75 Å². The number of rotatable bonds is 4. The molecule has 0 amide bonds. The molecule has 1 N–H and O–H groups in total. The second-order valence-electron chi connectivity index (χ2n) is 3.22. The van der Waals surface area contributed by atoms with Crippen molar-refractivity contribution in [2.24, 2.45) is 0 Å². The van der Waals surface area contributed by atoms with E-state index in [0.717, 1.165) is 0 Å². The van der Waals surface area contributed by atoms with E-state index < -0.39 is 47.2 Å². The summed E-state index contributed by atoms with van der Waals surface area (Å²) >= 11 is 5.42. The normalized spacial score (nSPS) is 11.7. The van der Waals surface area contributed by atoms with Crippen molar-refractivity contribution in [2.45, 2.75) is 19.2 Å². The maximum Gasteiger partial charge on any atom is 0.573 e. The van der Waals surface area contributed by atoms with E-state index in [1.54, 1.807) is 0 Å². The molecule has 1 rings (SSSR count). The zero-order valence-corrected chi connectivity index (χ0v) is 9.60. The summed E-state index contributed by atoms with van der Waals surface area (Å²) in [5, 5.41) is 7.91. The van der Waals surface area contributed by atoms with Crippen LogP contribution in [-0.2, 0) is 11.2 Å². The number of hydrogen-bond acceptors (Lipinski definition) is 3. The summed E-state index contributed by atoms with van der Waals surface area (Å²) in [6.07, 6.45) is -9.24. The van der Waals surface area contributed by atoms with Gasteiger partial charge in [0.25, 0.3) is 6.43 Å². The third-order valence-electron chi connectivity index (χ3n) is 1.91. The third-order valence-corrected chi connectivity index (χ3v) is 2.23. The van der Waals surface area contributed by atoms with Gasteiger partial charge in [-0.05, 0) is 0 Å². The minimum Gasteiger partial charge on any atom is -0.481 e. The van der Waals surface area contributed by atoms with Crippen LogP contribution in [0.1, 0.15) is 17.6 Å². The topological polar surface area (TPSA) is 59.4 Å². The molecule has 1 aromatic heterocycles. The number of aliphatic carboxylic acids is 1. The molecular weight excluding hydrogens is 301 g/mol. The van der Waals surface area contributed by atoms with Crippen LogP contribution in [0, 0.1) is 0 Å². The highest BCUT2D eigenvalue weighted by Gasteiger charge is 2.35. The Balaban J connectivity index is 3.36. The number of ether oxygens (including phenoxy) is 1. The summed E-state index contributed by atoms with van der Waals surface area (Å²) in [7, 11) is 0. The molecule has 0 saturated heterocycles. The summed E-state index contributed by atoms with van der Waals surface area (Å²) in [5.41, 5.74) is -1.95. The molecular formula is C9H5ClF5NO3. The Morgan fingerprint density at radius 2 is 2.05 bits per heavy atom. The number of pyridine rings is 1. The van der Waals surface area contributed by atoms with Crippen LogP contribution in [0.25, 0.3) is 0 Å². The molecule has 1 heterocycles. The van der Waals surface area contributed by atoms with Gasteiger partial charge < -0.3 is 9.84 Å². The number of carboxylic acid groups (broad SMARTS) is 1. The summed E-state index contributed by atoms with van der Waals surface area (Å²) in [6.45, 7) is 0. The second kappa shape index (κ2) is 5.55. The van der Waals surface area contributed by atoms with E-state index >= 15 is 0 Å². The first-order valence-corrected chi connectivity index (χ1v) is 4.92. The zero-order chi connectivity index (χ0) is 14.8. The van der Waals surface area contributed by atoms with Gasteiger partial charge in [-0.2, -0.15) is 0 Å². The van der Waals surface area contributed by atoms with E-state index in [0.29, 0.717) is 6.20 Å². The lowest BCUT2D eigenvalue weighted by Gasteiger charge is -2.15. The van der Waals surface area contributed by atoms with Crippen LogP contribution in [0.5, 0.6) is 5.75 Å². The molecule has 10 heteroatoms. The molecule has 106 valence electrons. The predicted molar refractivity (Wildman–Crippen MR) is 52.2 cm³/mol. The fraction of sp³-hybridized carbons (Fsp3) is 0.333. The molecule has 1 aromatic rings.